The summed E-state index contributed by atoms with van der Waals surface area (Å²) in [5, 5.41) is 12.1. The number of ether oxygens (including phenoxy) is 1. The topological polar surface area (TPSA) is 79.2 Å². The Morgan fingerprint density at radius 3 is 2.48 bits per heavy atom. The number of rotatable bonds is 6. The van der Waals surface area contributed by atoms with E-state index in [4.69, 9.17) is 4.74 Å². The van der Waals surface area contributed by atoms with Crippen LogP contribution in [0.1, 0.15) is 49.4 Å². The Morgan fingerprint density at radius 1 is 1.26 bits per heavy atom. The molecule has 0 spiro atoms. The van der Waals surface area contributed by atoms with Crippen molar-refractivity contribution in [2.24, 2.45) is 5.92 Å². The molecule has 0 heterocycles. The zero-order valence-corrected chi connectivity index (χ0v) is 13.4. The van der Waals surface area contributed by atoms with Crippen LogP contribution in [0.5, 0.6) is 5.75 Å². The Bertz CT molecular complexity index is 583. The number of Topliss-reactive ketones (excluding diaryl/α,β-unsaturated/α-hetero) is 1. The summed E-state index contributed by atoms with van der Waals surface area (Å²) in [5.41, 5.74) is 0.346. The summed E-state index contributed by atoms with van der Waals surface area (Å²) in [4.78, 5) is 24.7. The van der Waals surface area contributed by atoms with E-state index < -0.39 is 17.6 Å². The Hall–Kier alpha value is -2.35. The Kier molecular flexibility index (Phi) is 6.16. The van der Waals surface area contributed by atoms with Crippen LogP contribution in [-0.4, -0.2) is 24.3 Å². The summed E-state index contributed by atoms with van der Waals surface area (Å²) < 4.78 is 5.32. The number of carbonyl (C=O) groups is 2. The normalized spacial score (nSPS) is 16.2. The van der Waals surface area contributed by atoms with E-state index in [1.165, 1.54) is 6.42 Å². The molecule has 1 aliphatic rings. The van der Waals surface area contributed by atoms with Gasteiger partial charge < -0.3 is 10.1 Å². The number of hydrogen-bond donors (Lipinski definition) is 1. The fourth-order valence-electron chi connectivity index (χ4n) is 2.82. The summed E-state index contributed by atoms with van der Waals surface area (Å²) in [5.74, 6) is -1.60. The Balaban J connectivity index is 2.02. The number of nitriles is 1. The van der Waals surface area contributed by atoms with Crippen molar-refractivity contribution in [3.63, 3.8) is 0 Å². The van der Waals surface area contributed by atoms with Crippen LogP contribution in [0.4, 0.5) is 0 Å². The van der Waals surface area contributed by atoms with Crippen LogP contribution < -0.4 is 10.1 Å². The third-order valence-corrected chi connectivity index (χ3v) is 4.05. The monoisotopic (exact) mass is 314 g/mol. The average Bonchev–Trinajstić information content (AvgIpc) is 2.57. The van der Waals surface area contributed by atoms with Crippen LogP contribution in [0.15, 0.2) is 24.3 Å². The minimum Gasteiger partial charge on any atom is -0.494 e. The van der Waals surface area contributed by atoms with E-state index in [-0.39, 0.29) is 6.04 Å². The highest BCUT2D eigenvalue weighted by molar-refractivity contribution is 6.12. The van der Waals surface area contributed by atoms with Crippen molar-refractivity contribution < 1.29 is 14.3 Å². The van der Waals surface area contributed by atoms with Crippen LogP contribution >= 0.6 is 0 Å². The van der Waals surface area contributed by atoms with Gasteiger partial charge in [0, 0.05) is 11.6 Å². The molecule has 1 aromatic rings. The van der Waals surface area contributed by atoms with Gasteiger partial charge in [0.1, 0.15) is 5.75 Å². The number of carbonyl (C=O) groups excluding carboxylic acids is 2. The largest absolute Gasteiger partial charge is 0.494 e. The maximum Gasteiger partial charge on any atom is 0.245 e. The molecule has 1 saturated carbocycles. The van der Waals surface area contributed by atoms with E-state index in [0.29, 0.717) is 17.9 Å². The van der Waals surface area contributed by atoms with Gasteiger partial charge in [0.05, 0.1) is 12.7 Å². The van der Waals surface area contributed by atoms with Gasteiger partial charge in [-0.05, 0) is 44.0 Å². The summed E-state index contributed by atoms with van der Waals surface area (Å²) in [6.45, 7) is 2.41. The van der Waals surface area contributed by atoms with Crippen LogP contribution in [0.25, 0.3) is 0 Å². The van der Waals surface area contributed by atoms with Gasteiger partial charge in [-0.3, -0.25) is 9.59 Å². The molecule has 0 radical (unpaired) electrons. The lowest BCUT2D eigenvalue weighted by molar-refractivity contribution is -0.123. The van der Waals surface area contributed by atoms with Gasteiger partial charge in [0.15, 0.2) is 11.7 Å². The molecular weight excluding hydrogens is 292 g/mol. The highest BCUT2D eigenvalue weighted by atomic mass is 16.5. The van der Waals surface area contributed by atoms with E-state index in [1.807, 2.05) is 13.0 Å². The first-order valence-corrected chi connectivity index (χ1v) is 8.12. The van der Waals surface area contributed by atoms with E-state index in [9.17, 15) is 14.9 Å². The van der Waals surface area contributed by atoms with Crippen molar-refractivity contribution in [3.8, 4) is 11.8 Å². The third kappa shape index (κ3) is 4.56. The fraction of sp³-hybridized carbons (Fsp3) is 0.500. The highest BCUT2D eigenvalue weighted by Gasteiger charge is 2.29. The lowest BCUT2D eigenvalue weighted by Crippen LogP contribution is -2.42. The van der Waals surface area contributed by atoms with Gasteiger partial charge in [0.25, 0.3) is 0 Å². The number of amides is 1. The summed E-state index contributed by atoms with van der Waals surface area (Å²) in [6.07, 6.45) is 5.17. The number of ketones is 1. The van der Waals surface area contributed by atoms with Gasteiger partial charge in [0.2, 0.25) is 5.91 Å². The summed E-state index contributed by atoms with van der Waals surface area (Å²) >= 11 is 0. The zero-order valence-electron chi connectivity index (χ0n) is 13.4. The molecule has 1 amide bonds. The van der Waals surface area contributed by atoms with Crippen LogP contribution in [-0.2, 0) is 4.79 Å². The van der Waals surface area contributed by atoms with Crippen molar-refractivity contribution in [3.05, 3.63) is 29.8 Å². The summed E-state index contributed by atoms with van der Waals surface area (Å²) in [6, 6.07) is 8.44. The molecule has 0 bridgehead atoms. The van der Waals surface area contributed by atoms with Crippen LogP contribution in [0.2, 0.25) is 0 Å². The van der Waals surface area contributed by atoms with Crippen molar-refractivity contribution in [1.82, 2.24) is 5.32 Å². The van der Waals surface area contributed by atoms with Gasteiger partial charge in [-0.1, -0.05) is 19.3 Å². The number of nitrogens with one attached hydrogen (secondary N) is 1. The average molecular weight is 314 g/mol. The standard InChI is InChI=1S/C18H22N2O3/c1-2-23-15-10-8-13(9-11-15)17(21)16(12-19)18(22)20-14-6-4-3-5-7-14/h8-11,14,16H,2-7H2,1H3,(H,20,22)/t16-/m0/s1. The van der Waals surface area contributed by atoms with Gasteiger partial charge >= 0.3 is 0 Å². The van der Waals surface area contributed by atoms with Gasteiger partial charge in [-0.2, -0.15) is 5.26 Å². The van der Waals surface area contributed by atoms with Crippen molar-refractivity contribution in [1.29, 1.82) is 5.26 Å². The third-order valence-electron chi connectivity index (χ3n) is 4.05. The first-order chi connectivity index (χ1) is 11.2. The van der Waals surface area contributed by atoms with E-state index in [2.05, 4.69) is 5.32 Å². The second-order valence-electron chi connectivity index (χ2n) is 5.73. The molecule has 122 valence electrons. The number of benzene rings is 1. The SMILES string of the molecule is CCOc1ccc(C(=O)[C@H](C#N)C(=O)NC2CCCCC2)cc1. The second-order valence-corrected chi connectivity index (χ2v) is 5.73. The Labute approximate surface area is 136 Å². The molecular formula is C18H22N2O3. The molecule has 2 rings (SSSR count). The molecule has 23 heavy (non-hydrogen) atoms. The molecule has 1 atom stereocenters. The first kappa shape index (κ1) is 17.0. The first-order valence-electron chi connectivity index (χ1n) is 8.12. The molecule has 5 heteroatoms. The minimum atomic E-state index is -1.30. The molecule has 0 saturated heterocycles. The van der Waals surface area contributed by atoms with E-state index >= 15 is 0 Å². The molecule has 1 fully saturated rings. The lowest BCUT2D eigenvalue weighted by atomic mass is 9.93. The smallest absolute Gasteiger partial charge is 0.245 e. The predicted molar refractivity (Wildman–Crippen MR) is 86.1 cm³/mol. The van der Waals surface area contributed by atoms with Crippen LogP contribution in [0, 0.1) is 17.2 Å². The molecule has 0 aromatic heterocycles. The maximum atomic E-state index is 12.4. The lowest BCUT2D eigenvalue weighted by Gasteiger charge is -2.23. The number of nitrogens with zero attached hydrogens (tertiary/aromatic N) is 1. The van der Waals surface area contributed by atoms with Gasteiger partial charge in [-0.15, -0.1) is 0 Å². The summed E-state index contributed by atoms with van der Waals surface area (Å²) in [7, 11) is 0. The van der Waals surface area contributed by atoms with E-state index in [1.54, 1.807) is 24.3 Å². The fourth-order valence-corrected chi connectivity index (χ4v) is 2.82. The second kappa shape index (κ2) is 8.33. The quantitative estimate of drug-likeness (QED) is 0.647. The minimum absolute atomic E-state index is 0.0835. The van der Waals surface area contributed by atoms with Crippen molar-refractivity contribution in [2.75, 3.05) is 6.61 Å². The van der Waals surface area contributed by atoms with Crippen LogP contribution in [0.3, 0.4) is 0 Å². The zero-order chi connectivity index (χ0) is 16.7. The van der Waals surface area contributed by atoms with E-state index in [0.717, 1.165) is 25.7 Å². The van der Waals surface area contributed by atoms with Gasteiger partial charge in [-0.25, -0.2) is 0 Å². The Morgan fingerprint density at radius 2 is 1.91 bits per heavy atom. The van der Waals surface area contributed by atoms with Crippen molar-refractivity contribution in [2.45, 2.75) is 45.1 Å². The highest BCUT2D eigenvalue weighted by Crippen LogP contribution is 2.19. The molecule has 0 aliphatic heterocycles. The maximum absolute atomic E-state index is 12.4. The van der Waals surface area contributed by atoms with Crippen molar-refractivity contribution >= 4 is 11.7 Å². The molecule has 5 nitrogen and oxygen atoms in total. The molecule has 1 N–H and O–H groups in total. The predicted octanol–water partition coefficient (Wildman–Crippen LogP) is 2.86. The molecule has 1 aromatic carbocycles. The molecule has 1 aliphatic carbocycles. The molecule has 0 unspecified atom stereocenters. The number of hydrogen-bond acceptors (Lipinski definition) is 4.